The maximum atomic E-state index is 11.8. The van der Waals surface area contributed by atoms with E-state index in [0.717, 1.165) is 29.2 Å². The van der Waals surface area contributed by atoms with E-state index in [-0.39, 0.29) is 11.8 Å². The Balaban J connectivity index is 2.08. The summed E-state index contributed by atoms with van der Waals surface area (Å²) in [5.41, 5.74) is 3.20. The number of aryl methyl sites for hydroxylation is 1. The lowest BCUT2D eigenvalue weighted by Gasteiger charge is -2.11. The number of nitrogens with one attached hydrogen (secondary N) is 1. The minimum Gasteiger partial charge on any atom is -0.325 e. The van der Waals surface area contributed by atoms with Crippen LogP contribution in [-0.4, -0.2) is 29.8 Å². The summed E-state index contributed by atoms with van der Waals surface area (Å²) in [7, 11) is 1.62. The molecule has 17 heavy (non-hydrogen) atoms. The minimum absolute atomic E-state index is 0.0650. The standard InChI is InChI=1S/C13H18N2O2/c1-9-5-6-12-11(8-9)10(13(16)14-12)4-3-7-15(2)17/h5-6,8,10,17H,3-4,7H2,1-2H3,(H,14,16). The molecule has 0 radical (unpaired) electrons. The molecule has 1 aliphatic rings. The molecule has 2 rings (SSSR count). The highest BCUT2D eigenvalue weighted by Crippen LogP contribution is 2.35. The Labute approximate surface area is 101 Å². The highest BCUT2D eigenvalue weighted by molar-refractivity contribution is 6.02. The van der Waals surface area contributed by atoms with E-state index in [2.05, 4.69) is 11.4 Å². The van der Waals surface area contributed by atoms with E-state index in [4.69, 9.17) is 5.21 Å². The van der Waals surface area contributed by atoms with Crippen LogP contribution in [0.1, 0.15) is 29.9 Å². The Hall–Kier alpha value is -1.39. The Kier molecular flexibility index (Phi) is 3.45. The topological polar surface area (TPSA) is 52.6 Å². The number of carbonyl (C=O) groups excluding carboxylic acids is 1. The van der Waals surface area contributed by atoms with Crippen LogP contribution in [0.25, 0.3) is 0 Å². The zero-order chi connectivity index (χ0) is 12.4. The highest BCUT2D eigenvalue weighted by atomic mass is 16.5. The third kappa shape index (κ3) is 2.65. The molecule has 1 unspecified atom stereocenters. The monoisotopic (exact) mass is 234 g/mol. The van der Waals surface area contributed by atoms with Crippen molar-refractivity contribution < 1.29 is 10.0 Å². The van der Waals surface area contributed by atoms with Gasteiger partial charge in [-0.05, 0) is 31.4 Å². The van der Waals surface area contributed by atoms with Gasteiger partial charge in [0.1, 0.15) is 0 Å². The smallest absolute Gasteiger partial charge is 0.232 e. The quantitative estimate of drug-likeness (QED) is 0.785. The summed E-state index contributed by atoms with van der Waals surface area (Å²) in [4.78, 5) is 11.8. The van der Waals surface area contributed by atoms with Crippen molar-refractivity contribution in [1.29, 1.82) is 0 Å². The van der Waals surface area contributed by atoms with Crippen molar-refractivity contribution in [2.75, 3.05) is 18.9 Å². The van der Waals surface area contributed by atoms with Crippen molar-refractivity contribution in [2.45, 2.75) is 25.7 Å². The van der Waals surface area contributed by atoms with Gasteiger partial charge < -0.3 is 10.5 Å². The van der Waals surface area contributed by atoms with Crippen LogP contribution in [0.4, 0.5) is 5.69 Å². The van der Waals surface area contributed by atoms with Gasteiger partial charge in [0, 0.05) is 19.3 Å². The Bertz CT molecular complexity index is 429. The molecule has 0 bridgehead atoms. The third-order valence-electron chi connectivity index (χ3n) is 3.13. The predicted octanol–water partition coefficient (Wildman–Crippen LogP) is 2.13. The lowest BCUT2D eigenvalue weighted by atomic mass is 9.94. The molecule has 1 heterocycles. The highest BCUT2D eigenvalue weighted by Gasteiger charge is 2.29. The summed E-state index contributed by atoms with van der Waals surface area (Å²) in [6.45, 7) is 2.62. The van der Waals surface area contributed by atoms with Gasteiger partial charge in [-0.1, -0.05) is 17.7 Å². The first-order valence-electron chi connectivity index (χ1n) is 5.89. The summed E-state index contributed by atoms with van der Waals surface area (Å²) in [6.07, 6.45) is 1.58. The fourth-order valence-electron chi connectivity index (χ4n) is 2.26. The summed E-state index contributed by atoms with van der Waals surface area (Å²) >= 11 is 0. The molecule has 1 atom stereocenters. The van der Waals surface area contributed by atoms with E-state index in [9.17, 15) is 4.79 Å². The first-order valence-corrected chi connectivity index (χ1v) is 5.89. The molecule has 0 aliphatic carbocycles. The minimum atomic E-state index is -0.0650. The summed E-state index contributed by atoms with van der Waals surface area (Å²) in [5, 5.41) is 13.1. The Morgan fingerprint density at radius 3 is 2.94 bits per heavy atom. The molecule has 2 N–H and O–H groups in total. The van der Waals surface area contributed by atoms with E-state index in [1.807, 2.05) is 19.1 Å². The average Bonchev–Trinajstić information content (AvgIpc) is 2.55. The first kappa shape index (κ1) is 12.1. The number of rotatable bonds is 4. The molecule has 0 spiro atoms. The normalized spacial score (nSPS) is 18.4. The van der Waals surface area contributed by atoms with Crippen LogP contribution in [0.5, 0.6) is 0 Å². The van der Waals surface area contributed by atoms with Gasteiger partial charge in [-0.2, -0.15) is 5.06 Å². The van der Waals surface area contributed by atoms with Crippen LogP contribution < -0.4 is 5.32 Å². The fourth-order valence-corrected chi connectivity index (χ4v) is 2.26. The SMILES string of the molecule is Cc1ccc2c(c1)C(CCCN(C)O)C(=O)N2. The number of amides is 1. The van der Waals surface area contributed by atoms with Crippen LogP contribution in [0, 0.1) is 6.92 Å². The molecule has 4 nitrogen and oxygen atoms in total. The Morgan fingerprint density at radius 2 is 2.24 bits per heavy atom. The van der Waals surface area contributed by atoms with Crippen molar-refractivity contribution in [3.05, 3.63) is 29.3 Å². The maximum Gasteiger partial charge on any atom is 0.232 e. The lowest BCUT2D eigenvalue weighted by molar-refractivity contribution is -0.117. The molecular weight excluding hydrogens is 216 g/mol. The van der Waals surface area contributed by atoms with Crippen LogP contribution in [0.3, 0.4) is 0 Å². The van der Waals surface area contributed by atoms with Gasteiger partial charge in [0.05, 0.1) is 5.92 Å². The molecule has 1 aromatic carbocycles. The van der Waals surface area contributed by atoms with Gasteiger partial charge in [-0.3, -0.25) is 4.79 Å². The fraction of sp³-hybridized carbons (Fsp3) is 0.462. The maximum absolute atomic E-state index is 11.8. The molecular formula is C13H18N2O2. The molecule has 4 heteroatoms. The van der Waals surface area contributed by atoms with E-state index in [1.165, 1.54) is 5.56 Å². The summed E-state index contributed by atoms with van der Waals surface area (Å²) in [5.74, 6) is 0.0102. The van der Waals surface area contributed by atoms with Gasteiger partial charge in [-0.25, -0.2) is 0 Å². The van der Waals surface area contributed by atoms with Crippen LogP contribution in [0.2, 0.25) is 0 Å². The zero-order valence-electron chi connectivity index (χ0n) is 10.2. The molecule has 0 saturated carbocycles. The van der Waals surface area contributed by atoms with Gasteiger partial charge in [-0.15, -0.1) is 0 Å². The Morgan fingerprint density at radius 1 is 1.47 bits per heavy atom. The third-order valence-corrected chi connectivity index (χ3v) is 3.13. The zero-order valence-corrected chi connectivity index (χ0v) is 10.2. The van der Waals surface area contributed by atoms with Gasteiger partial charge in [0.15, 0.2) is 0 Å². The molecule has 0 fully saturated rings. The molecule has 1 amide bonds. The molecule has 0 saturated heterocycles. The lowest BCUT2D eigenvalue weighted by Crippen LogP contribution is -2.17. The molecule has 92 valence electrons. The number of hydrogen-bond acceptors (Lipinski definition) is 3. The first-order chi connectivity index (χ1) is 8.08. The largest absolute Gasteiger partial charge is 0.325 e. The summed E-state index contributed by atoms with van der Waals surface area (Å²) in [6, 6.07) is 6.03. The number of hydroxylamine groups is 2. The van der Waals surface area contributed by atoms with Crippen LogP contribution >= 0.6 is 0 Å². The van der Waals surface area contributed by atoms with Crippen molar-refractivity contribution in [3.8, 4) is 0 Å². The number of hydrogen-bond donors (Lipinski definition) is 2. The predicted molar refractivity (Wildman–Crippen MR) is 66.2 cm³/mol. The molecule has 1 aromatic rings. The van der Waals surface area contributed by atoms with Gasteiger partial charge >= 0.3 is 0 Å². The summed E-state index contributed by atoms with van der Waals surface area (Å²) < 4.78 is 0. The molecule has 0 aromatic heterocycles. The molecule has 1 aliphatic heterocycles. The van der Waals surface area contributed by atoms with Gasteiger partial charge in [0.25, 0.3) is 0 Å². The second-order valence-electron chi connectivity index (χ2n) is 4.66. The number of carbonyl (C=O) groups is 1. The van der Waals surface area contributed by atoms with E-state index in [1.54, 1.807) is 7.05 Å². The van der Waals surface area contributed by atoms with Crippen molar-refractivity contribution in [3.63, 3.8) is 0 Å². The van der Waals surface area contributed by atoms with Crippen molar-refractivity contribution in [1.82, 2.24) is 5.06 Å². The van der Waals surface area contributed by atoms with E-state index in [0.29, 0.717) is 6.54 Å². The average molecular weight is 234 g/mol. The van der Waals surface area contributed by atoms with Crippen LogP contribution in [-0.2, 0) is 4.79 Å². The van der Waals surface area contributed by atoms with Gasteiger partial charge in [0.2, 0.25) is 5.91 Å². The number of nitrogens with zero attached hydrogens (tertiary/aromatic N) is 1. The van der Waals surface area contributed by atoms with Crippen molar-refractivity contribution in [2.24, 2.45) is 0 Å². The second kappa shape index (κ2) is 4.85. The second-order valence-corrected chi connectivity index (χ2v) is 4.66. The van der Waals surface area contributed by atoms with Crippen LogP contribution in [0.15, 0.2) is 18.2 Å². The van der Waals surface area contributed by atoms with E-state index >= 15 is 0 Å². The van der Waals surface area contributed by atoms with E-state index < -0.39 is 0 Å². The number of fused-ring (bicyclic) bond motifs is 1. The number of benzene rings is 1. The number of anilines is 1. The van der Waals surface area contributed by atoms with Crippen molar-refractivity contribution >= 4 is 11.6 Å².